The number of benzene rings is 2. The van der Waals surface area contributed by atoms with E-state index < -0.39 is 0 Å². The molecule has 0 bridgehead atoms. The molecule has 2 aromatic rings. The van der Waals surface area contributed by atoms with Crippen LogP contribution in [0.15, 0.2) is 48.5 Å². The first-order valence-corrected chi connectivity index (χ1v) is 11.1. The van der Waals surface area contributed by atoms with Gasteiger partial charge in [-0.05, 0) is 37.6 Å². The van der Waals surface area contributed by atoms with E-state index in [0.717, 1.165) is 37.5 Å². The maximum absolute atomic E-state index is 11.3. The topological polar surface area (TPSA) is 65.6 Å². The third kappa shape index (κ3) is 10.9. The van der Waals surface area contributed by atoms with E-state index in [-0.39, 0.29) is 5.91 Å². The lowest BCUT2D eigenvalue weighted by atomic mass is 10.1. The van der Waals surface area contributed by atoms with E-state index in [0.29, 0.717) is 12.6 Å². The number of carbonyl (C=O) groups excluding carboxylic acids is 1. The van der Waals surface area contributed by atoms with Crippen molar-refractivity contribution in [2.45, 2.75) is 39.8 Å². The van der Waals surface area contributed by atoms with Crippen molar-refractivity contribution < 1.29 is 9.53 Å². The second kappa shape index (κ2) is 15.3. The van der Waals surface area contributed by atoms with Gasteiger partial charge in [0.25, 0.3) is 0 Å². The molecular formula is C25H40N4O2. The Balaban J connectivity index is 0.000000287. The molecule has 6 nitrogen and oxygen atoms in total. The van der Waals surface area contributed by atoms with Crippen LogP contribution in [0.1, 0.15) is 31.4 Å². The van der Waals surface area contributed by atoms with Crippen molar-refractivity contribution in [3.63, 3.8) is 0 Å². The maximum Gasteiger partial charge on any atom is 0.236 e. The van der Waals surface area contributed by atoms with Gasteiger partial charge in [-0.3, -0.25) is 4.79 Å². The van der Waals surface area contributed by atoms with Crippen LogP contribution in [-0.4, -0.2) is 57.7 Å². The number of amides is 1. The minimum absolute atomic E-state index is 0.0997. The molecule has 3 N–H and O–H groups in total. The summed E-state index contributed by atoms with van der Waals surface area (Å²) in [6, 6.07) is 16.3. The van der Waals surface area contributed by atoms with Crippen LogP contribution in [0.5, 0.6) is 5.75 Å². The Kier molecular flexibility index (Phi) is 13.0. The monoisotopic (exact) mass is 428 g/mol. The van der Waals surface area contributed by atoms with Gasteiger partial charge >= 0.3 is 0 Å². The van der Waals surface area contributed by atoms with Gasteiger partial charge in [-0.25, -0.2) is 0 Å². The molecule has 31 heavy (non-hydrogen) atoms. The molecule has 172 valence electrons. The van der Waals surface area contributed by atoms with Gasteiger partial charge in [-0.2, -0.15) is 0 Å². The van der Waals surface area contributed by atoms with Crippen molar-refractivity contribution >= 4 is 11.6 Å². The summed E-state index contributed by atoms with van der Waals surface area (Å²) in [5, 5.41) is 9.50. The van der Waals surface area contributed by atoms with Crippen LogP contribution in [0.4, 0.5) is 5.69 Å². The molecule has 0 radical (unpaired) electrons. The Morgan fingerprint density at radius 2 is 1.90 bits per heavy atom. The van der Waals surface area contributed by atoms with Gasteiger partial charge in [-0.15, -0.1) is 0 Å². The van der Waals surface area contributed by atoms with E-state index >= 15 is 0 Å². The van der Waals surface area contributed by atoms with Gasteiger partial charge in [0, 0.05) is 46.0 Å². The molecule has 1 heterocycles. The molecule has 2 aromatic carbocycles. The summed E-state index contributed by atoms with van der Waals surface area (Å²) in [4.78, 5) is 12.8. The minimum atomic E-state index is 0.0997. The first-order chi connectivity index (χ1) is 15.0. The summed E-state index contributed by atoms with van der Waals surface area (Å²) in [7, 11) is 5.43. The Labute approximate surface area is 188 Å². The van der Waals surface area contributed by atoms with Crippen LogP contribution >= 0.6 is 0 Å². The molecule has 1 atom stereocenters. The number of hydrogen-bond donors (Lipinski definition) is 3. The highest BCUT2D eigenvalue weighted by atomic mass is 16.5. The average molecular weight is 429 g/mol. The van der Waals surface area contributed by atoms with Crippen LogP contribution in [0.25, 0.3) is 0 Å². The molecule has 1 unspecified atom stereocenters. The summed E-state index contributed by atoms with van der Waals surface area (Å²) < 4.78 is 5.82. The van der Waals surface area contributed by atoms with Crippen LogP contribution in [0.3, 0.4) is 0 Å². The Morgan fingerprint density at radius 3 is 2.52 bits per heavy atom. The Bertz CT molecular complexity index is 759. The van der Waals surface area contributed by atoms with Crippen LogP contribution in [0.2, 0.25) is 0 Å². The number of rotatable bonds is 7. The fourth-order valence-electron chi connectivity index (χ4n) is 2.94. The quantitative estimate of drug-likeness (QED) is 0.628. The highest BCUT2D eigenvalue weighted by Crippen LogP contribution is 2.19. The van der Waals surface area contributed by atoms with Crippen LogP contribution in [-0.2, 0) is 11.3 Å². The third-order valence-electron chi connectivity index (χ3n) is 4.63. The van der Waals surface area contributed by atoms with E-state index in [9.17, 15) is 4.79 Å². The van der Waals surface area contributed by atoms with E-state index in [1.165, 1.54) is 11.1 Å². The highest BCUT2D eigenvalue weighted by molar-refractivity contribution is 5.77. The number of carbonyl (C=O) groups is 1. The smallest absolute Gasteiger partial charge is 0.236 e. The van der Waals surface area contributed by atoms with E-state index in [2.05, 4.69) is 41.1 Å². The van der Waals surface area contributed by atoms with Gasteiger partial charge < -0.3 is 25.6 Å². The molecule has 1 amide bonds. The third-order valence-corrected chi connectivity index (χ3v) is 4.63. The van der Waals surface area contributed by atoms with E-state index in [1.54, 1.807) is 19.0 Å². The zero-order chi connectivity index (χ0) is 23.1. The molecule has 0 spiro atoms. The van der Waals surface area contributed by atoms with Crippen molar-refractivity contribution in [3.8, 4) is 5.75 Å². The van der Waals surface area contributed by atoms with Gasteiger partial charge in [0.15, 0.2) is 0 Å². The number of ether oxygens (including phenoxy) is 1. The summed E-state index contributed by atoms with van der Waals surface area (Å²) in [6.07, 6.45) is 1.44. The standard InChI is InChI=1S/C12H18N2O.C11H16N2O.C2H6/c1-10-5-4-6-11(7-10)8-13-9-12(15)14(2)3;1-12-9-3-2-4-10(7-9)14-11-5-6-13-8-11;1-2/h4-7,13H,8-9H2,1-3H3;2-4,7,11-13H,5-6,8H2,1H3;1-2H3. The molecule has 3 rings (SSSR count). The molecule has 0 saturated carbocycles. The number of likely N-dealkylation sites (N-methyl/N-ethyl adjacent to an activating group) is 1. The fraction of sp³-hybridized carbons (Fsp3) is 0.480. The van der Waals surface area contributed by atoms with Crippen molar-refractivity contribution in [1.82, 2.24) is 15.5 Å². The SMILES string of the molecule is CC.CNc1cccc(OC2CCNC2)c1.Cc1cccc(CNCC(=O)N(C)C)c1. The number of aryl methyl sites for hydroxylation is 1. The highest BCUT2D eigenvalue weighted by Gasteiger charge is 2.15. The average Bonchev–Trinajstić information content (AvgIpc) is 3.29. The lowest BCUT2D eigenvalue weighted by Gasteiger charge is -2.13. The molecule has 0 aliphatic carbocycles. The van der Waals surface area contributed by atoms with Crippen molar-refractivity contribution in [2.24, 2.45) is 0 Å². The maximum atomic E-state index is 11.3. The molecule has 6 heteroatoms. The minimum Gasteiger partial charge on any atom is -0.489 e. The van der Waals surface area contributed by atoms with Gasteiger partial charge in [0.1, 0.15) is 11.9 Å². The normalized spacial score (nSPS) is 14.5. The Hall–Kier alpha value is -2.57. The van der Waals surface area contributed by atoms with E-state index in [4.69, 9.17) is 4.74 Å². The van der Waals surface area contributed by atoms with Crippen molar-refractivity contribution in [3.05, 3.63) is 59.7 Å². The number of nitrogens with one attached hydrogen (secondary N) is 3. The van der Waals surface area contributed by atoms with Crippen molar-refractivity contribution in [1.29, 1.82) is 0 Å². The molecular weight excluding hydrogens is 388 g/mol. The van der Waals surface area contributed by atoms with Crippen LogP contribution in [0, 0.1) is 6.92 Å². The van der Waals surface area contributed by atoms with Crippen molar-refractivity contribution in [2.75, 3.05) is 46.1 Å². The predicted molar refractivity (Wildman–Crippen MR) is 131 cm³/mol. The second-order valence-corrected chi connectivity index (χ2v) is 7.39. The molecule has 1 aliphatic heterocycles. The summed E-state index contributed by atoms with van der Waals surface area (Å²) in [5.41, 5.74) is 3.54. The first-order valence-electron chi connectivity index (χ1n) is 11.1. The number of anilines is 1. The Morgan fingerprint density at radius 1 is 1.16 bits per heavy atom. The van der Waals surface area contributed by atoms with E-state index in [1.807, 2.05) is 51.2 Å². The summed E-state index contributed by atoms with van der Waals surface area (Å²) in [5.74, 6) is 1.05. The van der Waals surface area contributed by atoms with Gasteiger partial charge in [-0.1, -0.05) is 49.7 Å². The van der Waals surface area contributed by atoms with Gasteiger partial charge in [0.2, 0.25) is 5.91 Å². The molecule has 1 aliphatic rings. The predicted octanol–water partition coefficient (Wildman–Crippen LogP) is 3.67. The summed E-state index contributed by atoms with van der Waals surface area (Å²) in [6.45, 7) is 9.22. The number of hydrogen-bond acceptors (Lipinski definition) is 5. The summed E-state index contributed by atoms with van der Waals surface area (Å²) >= 11 is 0. The zero-order valence-electron chi connectivity index (χ0n) is 20.0. The first kappa shape index (κ1) is 26.5. The molecule has 0 aromatic heterocycles. The van der Waals surface area contributed by atoms with Crippen LogP contribution < -0.4 is 20.7 Å². The lowest BCUT2D eigenvalue weighted by Crippen LogP contribution is -2.32. The largest absolute Gasteiger partial charge is 0.489 e. The molecule has 1 fully saturated rings. The lowest BCUT2D eigenvalue weighted by molar-refractivity contribution is -0.127. The zero-order valence-corrected chi connectivity index (χ0v) is 20.0. The van der Waals surface area contributed by atoms with Gasteiger partial charge in [0.05, 0.1) is 6.54 Å². The second-order valence-electron chi connectivity index (χ2n) is 7.39. The number of nitrogens with zero attached hydrogens (tertiary/aromatic N) is 1. The fourth-order valence-corrected chi connectivity index (χ4v) is 2.94. The molecule has 1 saturated heterocycles.